The Bertz CT molecular complexity index is 534. The van der Waals surface area contributed by atoms with Gasteiger partial charge in [0.2, 0.25) is 0 Å². The lowest BCUT2D eigenvalue weighted by Crippen LogP contribution is -2.40. The molecule has 2 heterocycles. The van der Waals surface area contributed by atoms with Crippen molar-refractivity contribution in [1.29, 1.82) is 0 Å². The van der Waals surface area contributed by atoms with Gasteiger partial charge in [-0.25, -0.2) is 4.99 Å². The van der Waals surface area contributed by atoms with Gasteiger partial charge >= 0.3 is 0 Å². The van der Waals surface area contributed by atoms with Crippen LogP contribution in [0, 0.1) is 0 Å². The van der Waals surface area contributed by atoms with Gasteiger partial charge in [-0.05, 0) is 38.4 Å². The summed E-state index contributed by atoms with van der Waals surface area (Å²) in [5, 5.41) is 5.92. The minimum absolute atomic E-state index is 0.105. The van der Waals surface area contributed by atoms with Crippen LogP contribution in [0.2, 0.25) is 0 Å². The van der Waals surface area contributed by atoms with E-state index in [0.717, 1.165) is 30.2 Å². The van der Waals surface area contributed by atoms with Crippen LogP contribution in [0.5, 0.6) is 0 Å². The standard InChI is InChI=1S/C15H20N4O/c1-16-13-15(20)17-12-8-4-3-7-11(12)14(18-13)19-9-5-2-6-10-19/h3-4,7-8,13,16H,2,5-6,9-10H2,1H3,(H,17,20). The highest BCUT2D eigenvalue weighted by Crippen LogP contribution is 2.23. The number of amides is 1. The first-order valence-electron chi connectivity index (χ1n) is 7.20. The number of carbonyl (C=O) groups is 1. The summed E-state index contributed by atoms with van der Waals surface area (Å²) in [6.07, 6.45) is 3.12. The fourth-order valence-corrected chi connectivity index (χ4v) is 2.79. The zero-order chi connectivity index (χ0) is 13.9. The number of aliphatic imine (C=N–C) groups is 1. The summed E-state index contributed by atoms with van der Waals surface area (Å²) in [5.74, 6) is 0.824. The topological polar surface area (TPSA) is 56.7 Å². The highest BCUT2D eigenvalue weighted by atomic mass is 16.2. The summed E-state index contributed by atoms with van der Waals surface area (Å²) in [7, 11) is 1.76. The maximum atomic E-state index is 12.1. The van der Waals surface area contributed by atoms with Gasteiger partial charge in [0.05, 0.1) is 5.69 Å². The van der Waals surface area contributed by atoms with Gasteiger partial charge in [-0.3, -0.25) is 10.1 Å². The number of benzene rings is 1. The Labute approximate surface area is 119 Å². The molecule has 1 aromatic rings. The molecule has 1 aromatic carbocycles. The van der Waals surface area contributed by atoms with Crippen molar-refractivity contribution >= 4 is 17.4 Å². The quantitative estimate of drug-likeness (QED) is 0.813. The predicted octanol–water partition coefficient (Wildman–Crippen LogP) is 1.42. The molecule has 1 unspecified atom stereocenters. The number of fused-ring (bicyclic) bond motifs is 1. The molecule has 0 bridgehead atoms. The number of para-hydroxylation sites is 1. The third kappa shape index (κ3) is 2.41. The van der Waals surface area contributed by atoms with E-state index in [1.165, 1.54) is 19.3 Å². The zero-order valence-electron chi connectivity index (χ0n) is 11.7. The second-order valence-electron chi connectivity index (χ2n) is 5.23. The number of likely N-dealkylation sites (N-methyl/N-ethyl adjacent to an activating group) is 1. The summed E-state index contributed by atoms with van der Waals surface area (Å²) in [5.41, 5.74) is 1.86. The Morgan fingerprint density at radius 1 is 1.25 bits per heavy atom. The molecule has 2 N–H and O–H groups in total. The maximum Gasteiger partial charge on any atom is 0.264 e. The lowest BCUT2D eigenvalue weighted by atomic mass is 10.1. The van der Waals surface area contributed by atoms with Crippen LogP contribution in [-0.4, -0.2) is 42.9 Å². The summed E-state index contributed by atoms with van der Waals surface area (Å²) in [4.78, 5) is 19.1. The van der Waals surface area contributed by atoms with Crippen LogP contribution in [0.4, 0.5) is 5.69 Å². The van der Waals surface area contributed by atoms with E-state index in [2.05, 4.69) is 20.5 Å². The molecule has 0 saturated carbocycles. The molecule has 1 atom stereocenters. The molecule has 1 saturated heterocycles. The largest absolute Gasteiger partial charge is 0.356 e. The van der Waals surface area contributed by atoms with Gasteiger partial charge in [0, 0.05) is 18.7 Å². The second kappa shape index (κ2) is 5.63. The Morgan fingerprint density at radius 2 is 2.00 bits per heavy atom. The first-order chi connectivity index (χ1) is 9.79. The summed E-state index contributed by atoms with van der Waals surface area (Å²) >= 11 is 0. The van der Waals surface area contributed by atoms with Crippen molar-refractivity contribution in [3.63, 3.8) is 0 Å². The molecule has 106 valence electrons. The average Bonchev–Trinajstić information content (AvgIpc) is 2.64. The third-order valence-corrected chi connectivity index (χ3v) is 3.85. The van der Waals surface area contributed by atoms with E-state index in [1.807, 2.05) is 24.3 Å². The SMILES string of the molecule is CNC1N=C(N2CCCCC2)c2ccccc2NC1=O. The molecule has 2 aliphatic heterocycles. The monoisotopic (exact) mass is 272 g/mol. The number of hydrogen-bond donors (Lipinski definition) is 2. The summed E-state index contributed by atoms with van der Waals surface area (Å²) in [6, 6.07) is 7.89. The van der Waals surface area contributed by atoms with Crippen molar-refractivity contribution < 1.29 is 4.79 Å². The van der Waals surface area contributed by atoms with Crippen LogP contribution in [0.25, 0.3) is 0 Å². The maximum absolute atomic E-state index is 12.1. The first-order valence-corrected chi connectivity index (χ1v) is 7.20. The van der Waals surface area contributed by atoms with E-state index in [9.17, 15) is 4.79 Å². The fraction of sp³-hybridized carbons (Fsp3) is 0.467. The molecule has 5 nitrogen and oxygen atoms in total. The van der Waals surface area contributed by atoms with Crippen molar-refractivity contribution in [2.75, 3.05) is 25.5 Å². The fourth-order valence-electron chi connectivity index (χ4n) is 2.79. The van der Waals surface area contributed by atoms with Crippen LogP contribution in [-0.2, 0) is 4.79 Å². The van der Waals surface area contributed by atoms with Crippen molar-refractivity contribution in [3.05, 3.63) is 29.8 Å². The van der Waals surface area contributed by atoms with Crippen LogP contribution >= 0.6 is 0 Å². The number of amidine groups is 1. The Kier molecular flexibility index (Phi) is 3.69. The minimum atomic E-state index is -0.528. The molecule has 2 aliphatic rings. The van der Waals surface area contributed by atoms with Gasteiger partial charge in [-0.15, -0.1) is 0 Å². The van der Waals surface area contributed by atoms with Crippen molar-refractivity contribution in [2.45, 2.75) is 25.4 Å². The number of nitrogens with zero attached hydrogens (tertiary/aromatic N) is 2. The highest BCUT2D eigenvalue weighted by Gasteiger charge is 2.27. The number of rotatable bonds is 1. The third-order valence-electron chi connectivity index (χ3n) is 3.85. The zero-order valence-corrected chi connectivity index (χ0v) is 11.7. The molecule has 0 aliphatic carbocycles. The number of carbonyl (C=O) groups excluding carboxylic acids is 1. The molecule has 20 heavy (non-hydrogen) atoms. The van der Waals surface area contributed by atoms with Crippen LogP contribution in [0.15, 0.2) is 29.3 Å². The molecule has 1 fully saturated rings. The molecule has 5 heteroatoms. The number of likely N-dealkylation sites (tertiary alicyclic amines) is 1. The molecule has 3 rings (SSSR count). The van der Waals surface area contributed by atoms with Crippen molar-refractivity contribution in [3.8, 4) is 0 Å². The molecular formula is C15H20N4O. The Balaban J connectivity index is 2.04. The predicted molar refractivity (Wildman–Crippen MR) is 79.9 cm³/mol. The number of nitrogens with one attached hydrogen (secondary N) is 2. The van der Waals surface area contributed by atoms with E-state index in [-0.39, 0.29) is 5.91 Å². The number of benzodiazepines with no additional fused rings is 1. The second-order valence-corrected chi connectivity index (χ2v) is 5.23. The average molecular weight is 272 g/mol. The molecule has 0 radical (unpaired) electrons. The normalized spacial score (nSPS) is 22.6. The van der Waals surface area contributed by atoms with Crippen LogP contribution in [0.3, 0.4) is 0 Å². The van der Waals surface area contributed by atoms with Gasteiger partial charge in [0.1, 0.15) is 5.84 Å². The lowest BCUT2D eigenvalue weighted by molar-refractivity contribution is -0.117. The van der Waals surface area contributed by atoms with E-state index in [4.69, 9.17) is 0 Å². The highest BCUT2D eigenvalue weighted by molar-refractivity contribution is 6.10. The Hall–Kier alpha value is -1.88. The van der Waals surface area contributed by atoms with E-state index in [0.29, 0.717) is 0 Å². The van der Waals surface area contributed by atoms with Gasteiger partial charge in [-0.1, -0.05) is 12.1 Å². The minimum Gasteiger partial charge on any atom is -0.356 e. The van der Waals surface area contributed by atoms with E-state index >= 15 is 0 Å². The Morgan fingerprint density at radius 3 is 2.75 bits per heavy atom. The van der Waals surface area contributed by atoms with Gasteiger partial charge in [0.15, 0.2) is 6.17 Å². The van der Waals surface area contributed by atoms with Crippen LogP contribution in [0.1, 0.15) is 24.8 Å². The molecule has 0 aromatic heterocycles. The first kappa shape index (κ1) is 13.1. The molecule has 0 spiro atoms. The van der Waals surface area contributed by atoms with Crippen LogP contribution < -0.4 is 10.6 Å². The van der Waals surface area contributed by atoms with Gasteiger partial charge < -0.3 is 10.2 Å². The van der Waals surface area contributed by atoms with E-state index < -0.39 is 6.17 Å². The summed E-state index contributed by atoms with van der Waals surface area (Å²) in [6.45, 7) is 2.02. The van der Waals surface area contributed by atoms with Gasteiger partial charge in [0.25, 0.3) is 5.91 Å². The van der Waals surface area contributed by atoms with Gasteiger partial charge in [-0.2, -0.15) is 0 Å². The van der Waals surface area contributed by atoms with Crippen molar-refractivity contribution in [1.82, 2.24) is 10.2 Å². The smallest absolute Gasteiger partial charge is 0.264 e. The molecular weight excluding hydrogens is 252 g/mol. The number of anilines is 1. The molecule has 1 amide bonds. The van der Waals surface area contributed by atoms with E-state index in [1.54, 1.807) is 7.05 Å². The van der Waals surface area contributed by atoms with Crippen molar-refractivity contribution in [2.24, 2.45) is 4.99 Å². The lowest BCUT2D eigenvalue weighted by Gasteiger charge is -2.30. The number of hydrogen-bond acceptors (Lipinski definition) is 4. The number of piperidine rings is 1. The summed E-state index contributed by atoms with van der Waals surface area (Å²) < 4.78 is 0.